The molecular weight excluding hydrogens is 439 g/mol. The van der Waals surface area contributed by atoms with E-state index in [0.29, 0.717) is 11.4 Å². The first-order valence-electron chi connectivity index (χ1n) is 10.6. The highest BCUT2D eigenvalue weighted by atomic mass is 19.1. The SMILES string of the molecule is N#CC1CC(C(=O)Nc2ccccc2)CN1C(=O)CNC(=O)c1cnn(-c2ccc(F)cc2)c1. The lowest BCUT2D eigenvalue weighted by atomic mass is 10.1. The molecule has 4 rings (SSSR count). The van der Waals surface area contributed by atoms with Gasteiger partial charge in [0.25, 0.3) is 5.91 Å². The third-order valence-electron chi connectivity index (χ3n) is 5.52. The second-order valence-corrected chi connectivity index (χ2v) is 7.81. The van der Waals surface area contributed by atoms with Crippen molar-refractivity contribution in [3.63, 3.8) is 0 Å². The van der Waals surface area contributed by atoms with Gasteiger partial charge in [-0.2, -0.15) is 10.4 Å². The predicted molar refractivity (Wildman–Crippen MR) is 120 cm³/mol. The number of aromatic nitrogens is 2. The molecule has 9 nitrogen and oxygen atoms in total. The maximum atomic E-state index is 13.1. The van der Waals surface area contributed by atoms with Gasteiger partial charge in [0.15, 0.2) is 0 Å². The lowest BCUT2D eigenvalue weighted by molar-refractivity contribution is -0.130. The van der Waals surface area contributed by atoms with Gasteiger partial charge in [-0.3, -0.25) is 14.4 Å². The van der Waals surface area contributed by atoms with Crippen molar-refractivity contribution in [3.8, 4) is 11.8 Å². The molecule has 1 aliphatic heterocycles. The van der Waals surface area contributed by atoms with Crippen LogP contribution in [0, 0.1) is 23.1 Å². The second kappa shape index (κ2) is 9.95. The zero-order chi connectivity index (χ0) is 24.1. The van der Waals surface area contributed by atoms with Crippen molar-refractivity contribution in [1.82, 2.24) is 20.0 Å². The predicted octanol–water partition coefficient (Wildman–Crippen LogP) is 2.12. The van der Waals surface area contributed by atoms with Crippen LogP contribution < -0.4 is 10.6 Å². The van der Waals surface area contributed by atoms with Crippen LogP contribution in [0.15, 0.2) is 67.0 Å². The molecule has 34 heavy (non-hydrogen) atoms. The van der Waals surface area contributed by atoms with Crippen molar-refractivity contribution < 1.29 is 18.8 Å². The number of hydrogen-bond acceptors (Lipinski definition) is 5. The number of carbonyl (C=O) groups is 3. The zero-order valence-corrected chi connectivity index (χ0v) is 18.0. The van der Waals surface area contributed by atoms with Gasteiger partial charge in [0, 0.05) is 18.4 Å². The third kappa shape index (κ3) is 5.10. The van der Waals surface area contributed by atoms with E-state index in [9.17, 15) is 24.0 Å². The highest BCUT2D eigenvalue weighted by molar-refractivity contribution is 5.97. The average Bonchev–Trinajstić information content (AvgIpc) is 3.51. The molecule has 2 unspecified atom stereocenters. The van der Waals surface area contributed by atoms with Gasteiger partial charge in [0.1, 0.15) is 11.9 Å². The van der Waals surface area contributed by atoms with Gasteiger partial charge in [-0.1, -0.05) is 18.2 Å². The van der Waals surface area contributed by atoms with Gasteiger partial charge in [-0.25, -0.2) is 9.07 Å². The normalized spacial score (nSPS) is 17.1. The first kappa shape index (κ1) is 22.7. The topological polar surface area (TPSA) is 120 Å². The Morgan fingerprint density at radius 1 is 1.12 bits per heavy atom. The Balaban J connectivity index is 1.33. The van der Waals surface area contributed by atoms with Gasteiger partial charge in [0.05, 0.1) is 36.0 Å². The molecule has 1 fully saturated rings. The molecule has 1 aromatic heterocycles. The lowest BCUT2D eigenvalue weighted by Gasteiger charge is -2.19. The number of nitrogens with zero attached hydrogens (tertiary/aromatic N) is 4. The van der Waals surface area contributed by atoms with Crippen LogP contribution in [0.1, 0.15) is 16.8 Å². The van der Waals surface area contributed by atoms with E-state index in [-0.39, 0.29) is 36.8 Å². The highest BCUT2D eigenvalue weighted by Crippen LogP contribution is 2.24. The van der Waals surface area contributed by atoms with Gasteiger partial charge in [0.2, 0.25) is 11.8 Å². The fourth-order valence-corrected chi connectivity index (χ4v) is 3.72. The van der Waals surface area contributed by atoms with Crippen LogP contribution >= 0.6 is 0 Å². The number of nitrogens with one attached hydrogen (secondary N) is 2. The van der Waals surface area contributed by atoms with E-state index in [1.165, 1.54) is 46.2 Å². The molecule has 172 valence electrons. The Hall–Kier alpha value is -4.52. The molecule has 0 aliphatic carbocycles. The van der Waals surface area contributed by atoms with Crippen molar-refractivity contribution in [3.05, 3.63) is 78.4 Å². The summed E-state index contributed by atoms with van der Waals surface area (Å²) in [7, 11) is 0. The molecule has 2 atom stereocenters. The fraction of sp³-hybridized carbons (Fsp3) is 0.208. The maximum Gasteiger partial charge on any atom is 0.254 e. The molecule has 1 saturated heterocycles. The summed E-state index contributed by atoms with van der Waals surface area (Å²) in [5.41, 5.74) is 1.43. The molecule has 2 N–H and O–H groups in total. The van der Waals surface area contributed by atoms with Crippen LogP contribution in [0.3, 0.4) is 0 Å². The van der Waals surface area contributed by atoms with Crippen LogP contribution in [0.4, 0.5) is 10.1 Å². The van der Waals surface area contributed by atoms with E-state index in [1.54, 1.807) is 24.3 Å². The number of anilines is 1. The standard InChI is InChI=1S/C24H21FN6O3/c25-18-6-8-20(9-7-18)31-15-17(12-28-31)23(33)27-13-22(32)30-14-16(10-21(30)11-26)24(34)29-19-4-2-1-3-5-19/h1-9,12,15-16,21H,10,13-14H2,(H,27,33)(H,29,34). The number of hydrogen-bond donors (Lipinski definition) is 2. The minimum atomic E-state index is -0.753. The largest absolute Gasteiger partial charge is 0.343 e. The zero-order valence-electron chi connectivity index (χ0n) is 18.0. The van der Waals surface area contributed by atoms with E-state index in [4.69, 9.17) is 0 Å². The molecule has 10 heteroatoms. The first-order chi connectivity index (χ1) is 16.4. The number of carbonyl (C=O) groups excluding carboxylic acids is 3. The highest BCUT2D eigenvalue weighted by Gasteiger charge is 2.38. The summed E-state index contributed by atoms with van der Waals surface area (Å²) in [5, 5.41) is 18.9. The molecule has 0 bridgehead atoms. The van der Waals surface area contributed by atoms with E-state index in [0.717, 1.165) is 0 Å². The van der Waals surface area contributed by atoms with Crippen LogP contribution in [0.2, 0.25) is 0 Å². The van der Waals surface area contributed by atoms with E-state index in [1.807, 2.05) is 6.07 Å². The Morgan fingerprint density at radius 2 is 1.85 bits per heavy atom. The fourth-order valence-electron chi connectivity index (χ4n) is 3.72. The second-order valence-electron chi connectivity index (χ2n) is 7.81. The number of benzene rings is 2. The monoisotopic (exact) mass is 460 g/mol. The number of para-hydroxylation sites is 1. The van der Waals surface area contributed by atoms with Crippen LogP contribution in [0.25, 0.3) is 5.69 Å². The van der Waals surface area contributed by atoms with Gasteiger partial charge in [-0.05, 0) is 42.8 Å². The summed E-state index contributed by atoms with van der Waals surface area (Å²) in [6, 6.07) is 15.8. The van der Waals surface area contributed by atoms with Crippen molar-refractivity contribution in [2.45, 2.75) is 12.5 Å². The molecule has 0 saturated carbocycles. The van der Waals surface area contributed by atoms with Gasteiger partial charge < -0.3 is 15.5 Å². The first-order valence-corrected chi connectivity index (χ1v) is 10.6. The Kier molecular flexibility index (Phi) is 6.64. The summed E-state index contributed by atoms with van der Waals surface area (Å²) in [5.74, 6) is -2.16. The Morgan fingerprint density at radius 3 is 2.56 bits per heavy atom. The van der Waals surface area contributed by atoms with Crippen LogP contribution in [0.5, 0.6) is 0 Å². The maximum absolute atomic E-state index is 13.1. The Bertz CT molecular complexity index is 1240. The Labute approximate surface area is 194 Å². The number of halogens is 1. The number of rotatable bonds is 6. The summed E-state index contributed by atoms with van der Waals surface area (Å²) in [4.78, 5) is 39.1. The van der Waals surface area contributed by atoms with Crippen molar-refractivity contribution >= 4 is 23.4 Å². The van der Waals surface area contributed by atoms with Gasteiger partial charge in [-0.15, -0.1) is 0 Å². The van der Waals surface area contributed by atoms with Crippen molar-refractivity contribution in [2.75, 3.05) is 18.4 Å². The summed E-state index contributed by atoms with van der Waals surface area (Å²) in [6.45, 7) is -0.236. The smallest absolute Gasteiger partial charge is 0.254 e. The number of likely N-dealkylation sites (tertiary alicyclic amines) is 1. The molecule has 2 heterocycles. The van der Waals surface area contributed by atoms with Crippen molar-refractivity contribution in [2.24, 2.45) is 5.92 Å². The lowest BCUT2D eigenvalue weighted by Crippen LogP contribution is -2.42. The molecule has 3 aromatic rings. The molecule has 1 aliphatic rings. The van der Waals surface area contributed by atoms with E-state index < -0.39 is 23.8 Å². The summed E-state index contributed by atoms with van der Waals surface area (Å²) >= 11 is 0. The molecular formula is C24H21FN6O3. The molecule has 0 spiro atoms. The number of nitriles is 1. The minimum Gasteiger partial charge on any atom is -0.343 e. The van der Waals surface area contributed by atoms with Gasteiger partial charge >= 0.3 is 0 Å². The minimum absolute atomic E-state index is 0.0914. The third-order valence-corrected chi connectivity index (χ3v) is 5.52. The van der Waals surface area contributed by atoms with E-state index in [2.05, 4.69) is 21.8 Å². The van der Waals surface area contributed by atoms with Crippen LogP contribution in [-0.4, -0.2) is 51.5 Å². The molecule has 0 radical (unpaired) electrons. The van der Waals surface area contributed by atoms with Crippen molar-refractivity contribution in [1.29, 1.82) is 5.26 Å². The average molecular weight is 460 g/mol. The van der Waals surface area contributed by atoms with Crippen LogP contribution in [-0.2, 0) is 9.59 Å². The van der Waals surface area contributed by atoms with E-state index >= 15 is 0 Å². The quantitative estimate of drug-likeness (QED) is 0.584. The summed E-state index contributed by atoms with van der Waals surface area (Å²) in [6.07, 6.45) is 3.02. The molecule has 2 aromatic carbocycles. The molecule has 3 amide bonds. The number of amides is 3. The summed E-state index contributed by atoms with van der Waals surface area (Å²) < 4.78 is 14.5.